The van der Waals surface area contributed by atoms with Crippen LogP contribution in [0.15, 0.2) is 42.5 Å². The molecule has 0 fully saturated rings. The lowest BCUT2D eigenvalue weighted by Crippen LogP contribution is -2.14. The molecule has 1 N–H and O–H groups in total. The Balaban J connectivity index is 2.27. The Hall–Kier alpha value is -2.01. The summed E-state index contributed by atoms with van der Waals surface area (Å²) in [5.74, 6) is -0.647. The molecule has 0 bridgehead atoms. The highest BCUT2D eigenvalue weighted by Gasteiger charge is 2.33. The smallest absolute Gasteiger partial charge is 0.322 e. The zero-order valence-electron chi connectivity index (χ0n) is 9.96. The number of halogens is 4. The quantitative estimate of drug-likeness (QED) is 0.874. The molecule has 0 heterocycles. The molecule has 0 spiro atoms. The molecule has 20 heavy (non-hydrogen) atoms. The number of benzene rings is 2. The molecular weight excluding hydrogens is 291 g/mol. The first kappa shape index (κ1) is 14.4. The first-order valence-electron chi connectivity index (χ1n) is 5.52. The molecular formula is C14H8ClF3NO. The molecule has 2 nitrogen and oxygen atoms in total. The summed E-state index contributed by atoms with van der Waals surface area (Å²) >= 11 is 5.49. The molecule has 0 saturated heterocycles. The number of carbonyl (C=O) groups is 1. The van der Waals surface area contributed by atoms with Crippen LogP contribution in [0.5, 0.6) is 0 Å². The molecule has 0 aliphatic heterocycles. The number of hydrogen-bond donors (Lipinski definition) is 1. The second kappa shape index (κ2) is 5.54. The van der Waals surface area contributed by atoms with Crippen molar-refractivity contribution in [3.8, 4) is 0 Å². The van der Waals surface area contributed by atoms with Gasteiger partial charge < -0.3 is 5.32 Å². The molecule has 2 aromatic carbocycles. The summed E-state index contributed by atoms with van der Waals surface area (Å²) in [7, 11) is 0. The van der Waals surface area contributed by atoms with E-state index in [0.29, 0.717) is 5.69 Å². The van der Waals surface area contributed by atoms with Crippen molar-refractivity contribution >= 4 is 23.2 Å². The summed E-state index contributed by atoms with van der Waals surface area (Å²) in [6, 6.07) is 12.2. The van der Waals surface area contributed by atoms with Gasteiger partial charge in [-0.15, -0.1) is 0 Å². The van der Waals surface area contributed by atoms with Gasteiger partial charge in [0.2, 0.25) is 0 Å². The Morgan fingerprint density at radius 2 is 2.00 bits per heavy atom. The van der Waals surface area contributed by atoms with Crippen LogP contribution in [0.1, 0.15) is 15.9 Å². The van der Waals surface area contributed by atoms with E-state index in [1.54, 1.807) is 18.2 Å². The molecule has 0 aromatic heterocycles. The standard InChI is InChI=1S/C14H8ClF3NO/c15-12-7-6-9(8-11(12)14(16,17)18)13(20)19-10-4-2-1-3-5-10/h1-2,4-8H,(H,19,20). The summed E-state index contributed by atoms with van der Waals surface area (Å²) in [6.07, 6.45) is -4.60. The van der Waals surface area contributed by atoms with Crippen molar-refractivity contribution in [1.82, 2.24) is 0 Å². The second-order valence-corrected chi connectivity index (χ2v) is 4.35. The van der Waals surface area contributed by atoms with Gasteiger partial charge in [-0.3, -0.25) is 4.79 Å². The Morgan fingerprint density at radius 3 is 2.60 bits per heavy atom. The van der Waals surface area contributed by atoms with Crippen molar-refractivity contribution in [2.75, 3.05) is 5.32 Å². The SMILES string of the molecule is O=C(Nc1c[c]ccc1)c1ccc(Cl)c(C(F)(F)F)c1. The van der Waals surface area contributed by atoms with Crippen LogP contribution in [0.25, 0.3) is 0 Å². The number of hydrogen-bond acceptors (Lipinski definition) is 1. The summed E-state index contributed by atoms with van der Waals surface area (Å²) in [5.41, 5.74) is -0.710. The first-order valence-corrected chi connectivity index (χ1v) is 5.90. The molecule has 0 aliphatic carbocycles. The summed E-state index contributed by atoms with van der Waals surface area (Å²) in [5, 5.41) is 2.03. The van der Waals surface area contributed by atoms with Crippen molar-refractivity contribution in [1.29, 1.82) is 0 Å². The van der Waals surface area contributed by atoms with Crippen molar-refractivity contribution in [3.05, 3.63) is 64.7 Å². The average Bonchev–Trinajstić information content (AvgIpc) is 2.39. The maximum Gasteiger partial charge on any atom is 0.417 e. The first-order chi connectivity index (χ1) is 9.38. The lowest BCUT2D eigenvalue weighted by Gasteiger charge is -2.11. The molecule has 0 saturated carbocycles. The third kappa shape index (κ3) is 3.30. The van der Waals surface area contributed by atoms with Gasteiger partial charge in [-0.05, 0) is 36.4 Å². The molecule has 0 atom stereocenters. The Kier molecular flexibility index (Phi) is 3.99. The number of alkyl halides is 3. The van der Waals surface area contributed by atoms with Gasteiger partial charge in [0, 0.05) is 11.3 Å². The Morgan fingerprint density at radius 1 is 1.25 bits per heavy atom. The topological polar surface area (TPSA) is 29.1 Å². The Bertz CT molecular complexity index is 626. The van der Waals surface area contributed by atoms with Crippen LogP contribution >= 0.6 is 11.6 Å². The van der Waals surface area contributed by atoms with E-state index in [2.05, 4.69) is 11.4 Å². The van der Waals surface area contributed by atoms with Crippen molar-refractivity contribution in [2.45, 2.75) is 6.18 Å². The zero-order valence-corrected chi connectivity index (χ0v) is 10.7. The predicted octanol–water partition coefficient (Wildman–Crippen LogP) is 4.41. The zero-order chi connectivity index (χ0) is 14.8. The van der Waals surface area contributed by atoms with Crippen LogP contribution in [0, 0.1) is 6.07 Å². The van der Waals surface area contributed by atoms with Crippen LogP contribution in [0.4, 0.5) is 18.9 Å². The van der Waals surface area contributed by atoms with Gasteiger partial charge in [0.25, 0.3) is 5.91 Å². The molecule has 2 rings (SSSR count). The fraction of sp³-hybridized carbons (Fsp3) is 0.0714. The second-order valence-electron chi connectivity index (χ2n) is 3.94. The lowest BCUT2D eigenvalue weighted by atomic mass is 10.1. The highest BCUT2D eigenvalue weighted by atomic mass is 35.5. The van der Waals surface area contributed by atoms with Gasteiger partial charge in [-0.1, -0.05) is 23.7 Å². The third-order valence-electron chi connectivity index (χ3n) is 2.50. The molecule has 0 aliphatic rings. The van der Waals surface area contributed by atoms with E-state index in [-0.39, 0.29) is 5.56 Å². The minimum absolute atomic E-state index is 0.120. The van der Waals surface area contributed by atoms with Crippen LogP contribution in [0.3, 0.4) is 0 Å². The summed E-state index contributed by atoms with van der Waals surface area (Å²) in [6.45, 7) is 0. The molecule has 2 aromatic rings. The Labute approximate surface area is 118 Å². The van der Waals surface area contributed by atoms with E-state index >= 15 is 0 Å². The van der Waals surface area contributed by atoms with Crippen molar-refractivity contribution < 1.29 is 18.0 Å². The minimum Gasteiger partial charge on any atom is -0.322 e. The third-order valence-corrected chi connectivity index (χ3v) is 2.83. The van der Waals surface area contributed by atoms with E-state index in [4.69, 9.17) is 11.6 Å². The van der Waals surface area contributed by atoms with E-state index in [9.17, 15) is 18.0 Å². The van der Waals surface area contributed by atoms with Gasteiger partial charge >= 0.3 is 6.18 Å². The van der Waals surface area contributed by atoms with Crippen LogP contribution in [0.2, 0.25) is 5.02 Å². The van der Waals surface area contributed by atoms with E-state index < -0.39 is 22.7 Å². The van der Waals surface area contributed by atoms with Crippen LogP contribution in [-0.2, 0) is 6.18 Å². The predicted molar refractivity (Wildman–Crippen MR) is 69.7 cm³/mol. The fourth-order valence-electron chi connectivity index (χ4n) is 1.56. The van der Waals surface area contributed by atoms with Gasteiger partial charge in [-0.25, -0.2) is 0 Å². The molecule has 0 unspecified atom stereocenters. The van der Waals surface area contributed by atoms with Gasteiger partial charge in [0.1, 0.15) is 0 Å². The van der Waals surface area contributed by atoms with Gasteiger partial charge in [0.15, 0.2) is 0 Å². The lowest BCUT2D eigenvalue weighted by molar-refractivity contribution is -0.137. The molecule has 6 heteroatoms. The largest absolute Gasteiger partial charge is 0.417 e. The molecule has 1 amide bonds. The monoisotopic (exact) mass is 298 g/mol. The molecule has 1 radical (unpaired) electrons. The van der Waals surface area contributed by atoms with E-state index in [0.717, 1.165) is 12.1 Å². The highest BCUT2D eigenvalue weighted by molar-refractivity contribution is 6.31. The van der Waals surface area contributed by atoms with Gasteiger partial charge in [-0.2, -0.15) is 13.2 Å². The highest BCUT2D eigenvalue weighted by Crippen LogP contribution is 2.35. The number of carbonyl (C=O) groups excluding carboxylic acids is 1. The maximum absolute atomic E-state index is 12.7. The average molecular weight is 299 g/mol. The number of anilines is 1. The number of amides is 1. The van der Waals surface area contributed by atoms with Crippen LogP contribution < -0.4 is 5.32 Å². The van der Waals surface area contributed by atoms with Crippen molar-refractivity contribution in [2.24, 2.45) is 0 Å². The summed E-state index contributed by atoms with van der Waals surface area (Å²) < 4.78 is 38.1. The normalized spacial score (nSPS) is 11.2. The molecule has 103 valence electrons. The fourth-order valence-corrected chi connectivity index (χ4v) is 1.78. The van der Waals surface area contributed by atoms with Crippen molar-refractivity contribution in [3.63, 3.8) is 0 Å². The van der Waals surface area contributed by atoms with Gasteiger partial charge in [0.05, 0.1) is 10.6 Å². The number of nitrogens with one attached hydrogen (secondary N) is 1. The number of rotatable bonds is 2. The maximum atomic E-state index is 12.7. The minimum atomic E-state index is -4.60. The summed E-state index contributed by atoms with van der Waals surface area (Å²) in [4.78, 5) is 11.9. The van der Waals surface area contributed by atoms with E-state index in [1.165, 1.54) is 12.1 Å². The van der Waals surface area contributed by atoms with Crippen LogP contribution in [-0.4, -0.2) is 5.91 Å². The van der Waals surface area contributed by atoms with E-state index in [1.807, 2.05) is 0 Å².